The lowest BCUT2D eigenvalue weighted by molar-refractivity contribution is -0.200. The summed E-state index contributed by atoms with van der Waals surface area (Å²) in [5, 5.41) is 48.7. The molecule has 1 aromatic rings. The quantitative estimate of drug-likeness (QED) is 0.168. The highest BCUT2D eigenvalue weighted by Gasteiger charge is 2.77. The average Bonchev–Trinajstić information content (AvgIpc) is 3.62. The molecule has 5 aliphatic carbocycles. The first-order valence-electron chi connectivity index (χ1n) is 19.7. The number of benzene rings is 1. The largest absolute Gasteiger partial charge is 0.508 e. The Bertz CT molecular complexity index is 1660. The second-order valence-corrected chi connectivity index (χ2v) is 17.3. The molecule has 0 bridgehead atoms. The van der Waals surface area contributed by atoms with E-state index in [1.54, 1.807) is 19.9 Å². The van der Waals surface area contributed by atoms with E-state index in [9.17, 15) is 34.8 Å². The summed E-state index contributed by atoms with van der Waals surface area (Å²) in [5.41, 5.74) is -5.70. The van der Waals surface area contributed by atoms with Crippen LogP contribution in [0.3, 0.4) is 0 Å². The Labute approximate surface area is 302 Å². The van der Waals surface area contributed by atoms with Crippen LogP contribution in [0.1, 0.15) is 148 Å². The van der Waals surface area contributed by atoms with Crippen LogP contribution in [0.4, 0.5) is 0 Å². The molecule has 0 aromatic heterocycles. The van der Waals surface area contributed by atoms with Crippen LogP contribution in [0.15, 0.2) is 35.1 Å². The summed E-state index contributed by atoms with van der Waals surface area (Å²) in [5.74, 6) is -6.09. The van der Waals surface area contributed by atoms with Gasteiger partial charge in [-0.05, 0) is 60.5 Å². The third kappa shape index (κ3) is 5.64. The normalized spacial score (nSPS) is 33.0. The lowest BCUT2D eigenvalue weighted by Gasteiger charge is -2.65. The summed E-state index contributed by atoms with van der Waals surface area (Å²) in [6.45, 7) is 8.90. The van der Waals surface area contributed by atoms with E-state index in [2.05, 4.69) is 0 Å². The van der Waals surface area contributed by atoms with Crippen molar-refractivity contribution in [2.75, 3.05) is 0 Å². The zero-order valence-corrected chi connectivity index (χ0v) is 31.2. The maximum Gasteiger partial charge on any atom is 0.203 e. The SMILES string of the molecule is CCC(=O)C[C@@H]1[C@]2(C)C(=C(O)c3c(O)cccc3[C@H]2CCC2CCCC2)C(=O)[C@@]2(O)C(O)=C(C(=O)CCC3CCCCC3)C(=O)C(C(C)C)[C@@]12C. The molecule has 0 radical (unpaired) electrons. The van der Waals surface area contributed by atoms with Crippen molar-refractivity contribution in [2.24, 2.45) is 40.4 Å². The van der Waals surface area contributed by atoms with Crippen LogP contribution in [0.5, 0.6) is 5.75 Å². The molecule has 0 saturated heterocycles. The van der Waals surface area contributed by atoms with Gasteiger partial charge >= 0.3 is 0 Å². The third-order valence-corrected chi connectivity index (χ3v) is 14.3. The Hall–Kier alpha value is -3.26. The number of ketones is 4. The molecular weight excluding hydrogens is 644 g/mol. The summed E-state index contributed by atoms with van der Waals surface area (Å²) >= 11 is 0. The highest BCUT2D eigenvalue weighted by molar-refractivity contribution is 6.25. The van der Waals surface area contributed by atoms with Gasteiger partial charge in [-0.15, -0.1) is 0 Å². The van der Waals surface area contributed by atoms with Gasteiger partial charge in [-0.1, -0.05) is 105 Å². The molecule has 0 heterocycles. The van der Waals surface area contributed by atoms with Crippen molar-refractivity contribution < 1.29 is 39.6 Å². The monoisotopic (exact) mass is 702 g/mol. The lowest BCUT2D eigenvalue weighted by Crippen LogP contribution is -2.73. The van der Waals surface area contributed by atoms with E-state index in [1.165, 1.54) is 6.07 Å². The number of Topliss-reactive ketones (excluding diaryl/α,β-unsaturated/α-hetero) is 4. The molecule has 0 spiro atoms. The van der Waals surface area contributed by atoms with Crippen molar-refractivity contribution in [3.63, 3.8) is 0 Å². The van der Waals surface area contributed by atoms with Gasteiger partial charge in [0, 0.05) is 41.6 Å². The van der Waals surface area contributed by atoms with E-state index in [4.69, 9.17) is 0 Å². The molecule has 8 nitrogen and oxygen atoms in total. The Morgan fingerprint density at radius 3 is 2.10 bits per heavy atom. The highest BCUT2D eigenvalue weighted by atomic mass is 16.3. The van der Waals surface area contributed by atoms with E-state index in [0.29, 0.717) is 30.2 Å². The number of hydrogen-bond acceptors (Lipinski definition) is 8. The van der Waals surface area contributed by atoms with Crippen LogP contribution in [0, 0.1) is 40.4 Å². The van der Waals surface area contributed by atoms with Crippen molar-refractivity contribution in [1.29, 1.82) is 0 Å². The van der Waals surface area contributed by atoms with Crippen LogP contribution in [0.25, 0.3) is 5.76 Å². The summed E-state index contributed by atoms with van der Waals surface area (Å²) in [6.07, 6.45) is 11.9. The number of allylic oxidation sites excluding steroid dienone is 1. The molecule has 8 heteroatoms. The number of carbonyl (C=O) groups is 4. The van der Waals surface area contributed by atoms with Gasteiger partial charge in [-0.3, -0.25) is 19.2 Å². The molecule has 6 rings (SSSR count). The van der Waals surface area contributed by atoms with E-state index >= 15 is 4.79 Å². The summed E-state index contributed by atoms with van der Waals surface area (Å²) in [6, 6.07) is 5.02. The van der Waals surface area contributed by atoms with Gasteiger partial charge < -0.3 is 20.4 Å². The van der Waals surface area contributed by atoms with E-state index in [1.807, 2.05) is 26.8 Å². The number of aliphatic hydroxyl groups is 3. The maximum absolute atomic E-state index is 15.4. The molecule has 5 aliphatic rings. The number of carbonyl (C=O) groups excluding carboxylic acids is 4. The molecule has 51 heavy (non-hydrogen) atoms. The van der Waals surface area contributed by atoms with Gasteiger partial charge in [-0.25, -0.2) is 0 Å². The smallest absolute Gasteiger partial charge is 0.203 e. The third-order valence-electron chi connectivity index (χ3n) is 14.3. The van der Waals surface area contributed by atoms with Crippen LogP contribution in [-0.4, -0.2) is 49.2 Å². The number of rotatable bonds is 11. The molecule has 0 aliphatic heterocycles. The first kappa shape index (κ1) is 37.5. The number of aromatic hydroxyl groups is 1. The number of phenols is 1. The molecule has 0 amide bonds. The van der Waals surface area contributed by atoms with Crippen LogP contribution in [0.2, 0.25) is 0 Å². The second-order valence-electron chi connectivity index (χ2n) is 17.3. The van der Waals surface area contributed by atoms with Crippen LogP contribution < -0.4 is 0 Å². The number of fused-ring (bicyclic) bond motifs is 3. The van der Waals surface area contributed by atoms with Gasteiger partial charge in [-0.2, -0.15) is 0 Å². The molecule has 3 saturated carbocycles. The van der Waals surface area contributed by atoms with E-state index < -0.39 is 74.5 Å². The Kier molecular flexibility index (Phi) is 10.3. The molecule has 6 atom stereocenters. The van der Waals surface area contributed by atoms with Crippen molar-refractivity contribution in [3.8, 4) is 5.75 Å². The fraction of sp³-hybridized carbons (Fsp3) is 0.674. The predicted molar refractivity (Wildman–Crippen MR) is 195 cm³/mol. The van der Waals surface area contributed by atoms with Gasteiger partial charge in [0.25, 0.3) is 0 Å². The van der Waals surface area contributed by atoms with Gasteiger partial charge in [0.1, 0.15) is 28.6 Å². The number of aliphatic hydroxyl groups excluding tert-OH is 2. The maximum atomic E-state index is 15.4. The van der Waals surface area contributed by atoms with E-state index in [0.717, 1.165) is 64.2 Å². The van der Waals surface area contributed by atoms with Crippen molar-refractivity contribution in [2.45, 2.75) is 142 Å². The summed E-state index contributed by atoms with van der Waals surface area (Å²) in [7, 11) is 0. The first-order chi connectivity index (χ1) is 24.1. The first-order valence-corrected chi connectivity index (χ1v) is 19.7. The van der Waals surface area contributed by atoms with E-state index in [-0.39, 0.29) is 41.9 Å². The molecule has 1 unspecified atom stereocenters. The Morgan fingerprint density at radius 2 is 1.49 bits per heavy atom. The molecule has 4 N–H and O–H groups in total. The van der Waals surface area contributed by atoms with Crippen molar-refractivity contribution in [3.05, 3.63) is 46.2 Å². The highest BCUT2D eigenvalue weighted by Crippen LogP contribution is 2.72. The molecule has 1 aromatic carbocycles. The minimum atomic E-state index is -2.79. The Balaban J connectivity index is 1.59. The van der Waals surface area contributed by atoms with Gasteiger partial charge in [0.2, 0.25) is 5.78 Å². The van der Waals surface area contributed by atoms with Crippen molar-refractivity contribution >= 4 is 28.9 Å². The topological polar surface area (TPSA) is 149 Å². The fourth-order valence-electron chi connectivity index (χ4n) is 11.7. The second kappa shape index (κ2) is 13.9. The summed E-state index contributed by atoms with van der Waals surface area (Å²) < 4.78 is 0. The molecule has 278 valence electrons. The fourth-order valence-corrected chi connectivity index (χ4v) is 11.7. The zero-order chi connectivity index (χ0) is 37.0. The standard InChI is InChI=1S/C43H58O8/c1-6-27(44)23-32-41(4)29(21-19-25-15-10-11-16-25)28-17-12-18-30(45)33(28)37(47)36(41)40(50)43(51)39(49)34(38(48)35(24(2)3)42(32,43)5)31(46)22-20-26-13-8-7-9-14-26/h12,17-18,24-26,29,32,35,45,47,49,51H,6-11,13-16,19-23H2,1-5H3/t29-,32-,35?,41-,42-,43+/m1/s1. The minimum Gasteiger partial charge on any atom is -0.508 e. The van der Waals surface area contributed by atoms with Crippen molar-refractivity contribution in [1.82, 2.24) is 0 Å². The zero-order valence-electron chi connectivity index (χ0n) is 31.2. The predicted octanol–water partition coefficient (Wildman–Crippen LogP) is 8.64. The Morgan fingerprint density at radius 1 is 0.882 bits per heavy atom. The van der Waals surface area contributed by atoms with Crippen LogP contribution in [-0.2, 0) is 19.2 Å². The number of hydrogen-bond donors (Lipinski definition) is 4. The van der Waals surface area contributed by atoms with Crippen LogP contribution >= 0.6 is 0 Å². The average molecular weight is 703 g/mol. The summed E-state index contributed by atoms with van der Waals surface area (Å²) in [4.78, 5) is 57.9. The van der Waals surface area contributed by atoms with Gasteiger partial charge in [0.15, 0.2) is 17.2 Å². The molecule has 3 fully saturated rings. The number of phenolic OH excluding ortho intramolecular Hbond substituents is 1. The minimum absolute atomic E-state index is 0.00942. The van der Waals surface area contributed by atoms with Gasteiger partial charge in [0.05, 0.1) is 5.56 Å². The lowest BCUT2D eigenvalue weighted by atomic mass is 9.36. The molecular formula is C43H58O8.